The Morgan fingerprint density at radius 1 is 0.958 bits per heavy atom. The molecule has 8 atom stereocenters. The van der Waals surface area contributed by atoms with Crippen LogP contribution in [0.1, 0.15) is 59.3 Å². The summed E-state index contributed by atoms with van der Waals surface area (Å²) in [7, 11) is 0. The van der Waals surface area contributed by atoms with Crippen LogP contribution in [0.4, 0.5) is 0 Å². The zero-order chi connectivity index (χ0) is 17.7. The van der Waals surface area contributed by atoms with Crippen LogP contribution in [0.3, 0.4) is 0 Å². The van der Waals surface area contributed by atoms with E-state index in [9.17, 15) is 20.4 Å². The molecule has 0 aromatic heterocycles. The van der Waals surface area contributed by atoms with Crippen LogP contribution >= 0.6 is 0 Å². The van der Waals surface area contributed by atoms with Gasteiger partial charge in [0.15, 0.2) is 0 Å². The molecular formula is C20H32O4. The minimum atomic E-state index is -1.35. The quantitative estimate of drug-likeness (QED) is 0.510. The average Bonchev–Trinajstić information content (AvgIpc) is 2.55. The molecule has 4 heteroatoms. The lowest BCUT2D eigenvalue weighted by Gasteiger charge is -2.66. The summed E-state index contributed by atoms with van der Waals surface area (Å²) < 4.78 is 0. The molecule has 0 aliphatic heterocycles. The minimum absolute atomic E-state index is 0.0489. The zero-order valence-electron chi connectivity index (χ0n) is 15.1. The normalized spacial score (nSPS) is 59.0. The Bertz CT molecular complexity index is 586. The van der Waals surface area contributed by atoms with Crippen molar-refractivity contribution in [1.29, 1.82) is 0 Å². The van der Waals surface area contributed by atoms with Crippen LogP contribution in [0.25, 0.3) is 0 Å². The molecule has 0 aromatic rings. The Morgan fingerprint density at radius 3 is 2.25 bits per heavy atom. The summed E-state index contributed by atoms with van der Waals surface area (Å²) >= 11 is 0. The number of hydrogen-bond acceptors (Lipinski definition) is 4. The summed E-state index contributed by atoms with van der Waals surface area (Å²) in [5.74, 6) is 0.561. The van der Waals surface area contributed by atoms with Gasteiger partial charge >= 0.3 is 0 Å². The zero-order valence-corrected chi connectivity index (χ0v) is 15.1. The second-order valence-corrected chi connectivity index (χ2v) is 10.1. The van der Waals surface area contributed by atoms with Gasteiger partial charge in [0.25, 0.3) is 0 Å². The van der Waals surface area contributed by atoms with Gasteiger partial charge in [-0.3, -0.25) is 0 Å². The number of fused-ring (bicyclic) bond motifs is 3. The van der Waals surface area contributed by atoms with E-state index in [0.29, 0.717) is 17.9 Å². The fourth-order valence-corrected chi connectivity index (χ4v) is 7.90. The third kappa shape index (κ3) is 1.69. The van der Waals surface area contributed by atoms with Gasteiger partial charge in [-0.15, -0.1) is 0 Å². The molecule has 4 fully saturated rings. The largest absolute Gasteiger partial charge is 0.393 e. The van der Waals surface area contributed by atoms with Crippen LogP contribution in [0.5, 0.6) is 0 Å². The van der Waals surface area contributed by atoms with Crippen molar-refractivity contribution in [3.8, 4) is 0 Å². The molecule has 0 radical (unpaired) electrons. The van der Waals surface area contributed by atoms with Crippen molar-refractivity contribution in [3.05, 3.63) is 12.2 Å². The van der Waals surface area contributed by atoms with Gasteiger partial charge in [0, 0.05) is 5.41 Å². The second kappa shape index (κ2) is 4.64. The molecule has 0 unspecified atom stereocenters. The third-order valence-corrected chi connectivity index (χ3v) is 8.66. The summed E-state index contributed by atoms with van der Waals surface area (Å²) in [6.45, 7) is 10.7. The van der Waals surface area contributed by atoms with Gasteiger partial charge in [-0.05, 0) is 66.8 Å². The molecule has 0 heterocycles. The van der Waals surface area contributed by atoms with E-state index in [2.05, 4.69) is 27.4 Å². The first-order valence-electron chi connectivity index (χ1n) is 9.46. The highest BCUT2D eigenvalue weighted by Gasteiger charge is 2.74. The fraction of sp³-hybridized carbons (Fsp3) is 0.900. The van der Waals surface area contributed by atoms with E-state index in [1.807, 2.05) is 0 Å². The minimum Gasteiger partial charge on any atom is -0.393 e. The lowest BCUT2D eigenvalue weighted by molar-refractivity contribution is -0.237. The molecule has 4 aliphatic carbocycles. The highest BCUT2D eigenvalue weighted by atomic mass is 16.4. The van der Waals surface area contributed by atoms with Crippen LogP contribution in [-0.2, 0) is 0 Å². The Labute approximate surface area is 144 Å². The van der Waals surface area contributed by atoms with Gasteiger partial charge in [-0.2, -0.15) is 0 Å². The van der Waals surface area contributed by atoms with Crippen LogP contribution in [0.2, 0.25) is 0 Å². The van der Waals surface area contributed by atoms with E-state index in [0.717, 1.165) is 32.1 Å². The maximum absolute atomic E-state index is 11.1. The summed E-state index contributed by atoms with van der Waals surface area (Å²) in [5, 5.41) is 43.6. The van der Waals surface area contributed by atoms with E-state index in [1.165, 1.54) is 0 Å². The maximum atomic E-state index is 11.1. The molecule has 1 spiro atoms. The lowest BCUT2D eigenvalue weighted by atomic mass is 9.40. The molecule has 4 nitrogen and oxygen atoms in total. The summed E-state index contributed by atoms with van der Waals surface area (Å²) in [6.07, 6.45) is 2.26. The number of rotatable bonds is 0. The van der Waals surface area contributed by atoms with Crippen LogP contribution < -0.4 is 0 Å². The summed E-state index contributed by atoms with van der Waals surface area (Å²) in [4.78, 5) is 0. The summed E-state index contributed by atoms with van der Waals surface area (Å²) in [6, 6.07) is 0. The van der Waals surface area contributed by atoms with Gasteiger partial charge < -0.3 is 20.4 Å². The Kier molecular flexibility index (Phi) is 3.29. The highest BCUT2D eigenvalue weighted by Crippen LogP contribution is 2.72. The maximum Gasteiger partial charge on any atom is 0.114 e. The van der Waals surface area contributed by atoms with Crippen molar-refractivity contribution >= 4 is 0 Å². The fourth-order valence-electron chi connectivity index (χ4n) is 7.90. The van der Waals surface area contributed by atoms with Crippen LogP contribution in [-0.4, -0.2) is 44.3 Å². The smallest absolute Gasteiger partial charge is 0.114 e. The van der Waals surface area contributed by atoms with Gasteiger partial charge in [0.2, 0.25) is 0 Å². The number of aliphatic hydroxyl groups excluding tert-OH is 3. The van der Waals surface area contributed by atoms with Crippen molar-refractivity contribution in [2.75, 3.05) is 0 Å². The van der Waals surface area contributed by atoms with Crippen LogP contribution in [0, 0.1) is 28.1 Å². The molecule has 0 aromatic carbocycles. The molecule has 0 saturated heterocycles. The van der Waals surface area contributed by atoms with E-state index < -0.39 is 23.2 Å². The molecule has 4 saturated carbocycles. The molecule has 24 heavy (non-hydrogen) atoms. The Morgan fingerprint density at radius 2 is 1.58 bits per heavy atom. The molecule has 4 rings (SSSR count). The van der Waals surface area contributed by atoms with Crippen molar-refractivity contribution in [2.24, 2.45) is 28.1 Å². The molecule has 136 valence electrons. The molecule has 2 bridgehead atoms. The van der Waals surface area contributed by atoms with Crippen molar-refractivity contribution in [1.82, 2.24) is 0 Å². The van der Waals surface area contributed by atoms with E-state index in [4.69, 9.17) is 0 Å². The lowest BCUT2D eigenvalue weighted by Crippen LogP contribution is -2.65. The van der Waals surface area contributed by atoms with Gasteiger partial charge in [-0.25, -0.2) is 0 Å². The predicted molar refractivity (Wildman–Crippen MR) is 91.1 cm³/mol. The highest BCUT2D eigenvalue weighted by molar-refractivity contribution is 5.38. The van der Waals surface area contributed by atoms with Crippen molar-refractivity contribution in [3.63, 3.8) is 0 Å². The first-order valence-corrected chi connectivity index (χ1v) is 9.46. The van der Waals surface area contributed by atoms with E-state index in [-0.39, 0.29) is 22.9 Å². The topological polar surface area (TPSA) is 80.9 Å². The molecule has 4 N–H and O–H groups in total. The van der Waals surface area contributed by atoms with E-state index in [1.54, 1.807) is 0 Å². The van der Waals surface area contributed by atoms with Crippen LogP contribution in [0.15, 0.2) is 12.2 Å². The number of aliphatic hydroxyl groups is 4. The molecule has 4 aliphatic rings. The number of hydrogen-bond donors (Lipinski definition) is 4. The van der Waals surface area contributed by atoms with Gasteiger partial charge in [0.1, 0.15) is 5.60 Å². The third-order valence-electron chi connectivity index (χ3n) is 8.66. The van der Waals surface area contributed by atoms with Crippen molar-refractivity contribution in [2.45, 2.75) is 83.2 Å². The first kappa shape index (κ1) is 17.0. The van der Waals surface area contributed by atoms with Gasteiger partial charge in [-0.1, -0.05) is 27.4 Å². The Balaban J connectivity index is 1.84. The van der Waals surface area contributed by atoms with Gasteiger partial charge in [0.05, 0.1) is 18.3 Å². The van der Waals surface area contributed by atoms with Crippen molar-refractivity contribution < 1.29 is 20.4 Å². The SMILES string of the molecule is C=C1[C@H](O)[C@@]23CC[C@@H]4C(C)(C)C[C@@H](O)C[C@@]4(C)[C@@H]2CC[C@]1(O)[C@H]3O. The predicted octanol–water partition coefficient (Wildman–Crippen LogP) is 2.00. The standard InChI is InChI=1S/C20H32O4/c1-11-15(22)19-7-5-13-17(2,3)9-12(21)10-18(13,4)14(19)6-8-20(11,24)16(19)23/h12-16,21-24H,1,5-10H2,2-4H3/t12-,13-,14+,15+,16+,18-,19-,20-/m1/s1. The van der Waals surface area contributed by atoms with E-state index >= 15 is 0 Å². The Hall–Kier alpha value is -0.420. The second-order valence-electron chi connectivity index (χ2n) is 10.1. The summed E-state index contributed by atoms with van der Waals surface area (Å²) in [5.41, 5.74) is -1.74. The molecule has 0 amide bonds. The monoisotopic (exact) mass is 336 g/mol. The first-order chi connectivity index (χ1) is 11.0. The average molecular weight is 336 g/mol. The molecular weight excluding hydrogens is 304 g/mol.